The van der Waals surface area contributed by atoms with Gasteiger partial charge in [0.2, 0.25) is 0 Å². The fourth-order valence-electron chi connectivity index (χ4n) is 1.85. The summed E-state index contributed by atoms with van der Waals surface area (Å²) >= 11 is 0. The molecule has 0 fully saturated rings. The Kier molecular flexibility index (Phi) is 2.49. The second kappa shape index (κ2) is 4.15. The molecule has 6 nitrogen and oxygen atoms in total. The highest BCUT2D eigenvalue weighted by molar-refractivity contribution is 5.73. The molecule has 18 heavy (non-hydrogen) atoms. The molecule has 2 N–H and O–H groups in total. The Hall–Kier alpha value is -2.34. The van der Waals surface area contributed by atoms with E-state index in [9.17, 15) is 0 Å². The summed E-state index contributed by atoms with van der Waals surface area (Å²) in [5, 5.41) is 7.68. The number of benzene rings is 1. The van der Waals surface area contributed by atoms with Gasteiger partial charge in [-0.15, -0.1) is 5.10 Å². The first-order valence-electron chi connectivity index (χ1n) is 5.57. The Morgan fingerprint density at radius 2 is 1.94 bits per heavy atom. The zero-order valence-corrected chi connectivity index (χ0v) is 9.85. The number of hydrogen-bond acceptors (Lipinski definition) is 5. The maximum Gasteiger partial charge on any atom is 0.0929 e. The highest BCUT2D eigenvalue weighted by atomic mass is 15.4. The van der Waals surface area contributed by atoms with Crippen molar-refractivity contribution in [1.82, 2.24) is 25.0 Å². The Balaban J connectivity index is 2.07. The van der Waals surface area contributed by atoms with Crippen LogP contribution < -0.4 is 5.73 Å². The summed E-state index contributed by atoms with van der Waals surface area (Å²) in [5.74, 6) is 0. The summed E-state index contributed by atoms with van der Waals surface area (Å²) in [7, 11) is 1.80. The topological polar surface area (TPSA) is 82.5 Å². The van der Waals surface area contributed by atoms with Gasteiger partial charge in [-0.2, -0.15) is 0 Å². The summed E-state index contributed by atoms with van der Waals surface area (Å²) in [6.07, 6.45) is 3.33. The zero-order chi connectivity index (χ0) is 12.5. The fourth-order valence-corrected chi connectivity index (χ4v) is 1.85. The number of aryl methyl sites for hydroxylation is 1. The number of nitrogens with two attached hydrogens (primary N) is 1. The van der Waals surface area contributed by atoms with E-state index >= 15 is 0 Å². The molecule has 0 saturated heterocycles. The maximum atomic E-state index is 6.15. The lowest BCUT2D eigenvalue weighted by atomic mass is 10.1. The van der Waals surface area contributed by atoms with E-state index in [4.69, 9.17) is 5.73 Å². The Labute approximate surface area is 103 Å². The summed E-state index contributed by atoms with van der Waals surface area (Å²) in [4.78, 5) is 8.87. The molecule has 2 heterocycles. The van der Waals surface area contributed by atoms with Crippen LogP contribution in [0.3, 0.4) is 0 Å². The van der Waals surface area contributed by atoms with Gasteiger partial charge in [-0.1, -0.05) is 17.3 Å². The Morgan fingerprint density at radius 3 is 2.67 bits per heavy atom. The van der Waals surface area contributed by atoms with Crippen LogP contribution in [0.4, 0.5) is 0 Å². The molecular formula is C12H12N6. The summed E-state index contributed by atoms with van der Waals surface area (Å²) < 4.78 is 1.64. The van der Waals surface area contributed by atoms with Gasteiger partial charge < -0.3 is 5.73 Å². The lowest BCUT2D eigenvalue weighted by Crippen LogP contribution is -2.17. The number of fused-ring (bicyclic) bond motifs is 1. The van der Waals surface area contributed by atoms with E-state index in [2.05, 4.69) is 20.3 Å². The van der Waals surface area contributed by atoms with Gasteiger partial charge in [0.1, 0.15) is 0 Å². The molecule has 3 rings (SSSR count). The summed E-state index contributed by atoms with van der Waals surface area (Å²) in [6.45, 7) is 0. The lowest BCUT2D eigenvalue weighted by Gasteiger charge is -2.10. The van der Waals surface area contributed by atoms with E-state index < -0.39 is 0 Å². The van der Waals surface area contributed by atoms with E-state index in [0.717, 1.165) is 16.7 Å². The van der Waals surface area contributed by atoms with E-state index in [1.807, 2.05) is 24.3 Å². The van der Waals surface area contributed by atoms with Crippen LogP contribution >= 0.6 is 0 Å². The minimum absolute atomic E-state index is 0.373. The zero-order valence-electron chi connectivity index (χ0n) is 9.85. The molecule has 1 atom stereocenters. The van der Waals surface area contributed by atoms with E-state index in [1.165, 1.54) is 0 Å². The van der Waals surface area contributed by atoms with Crippen molar-refractivity contribution < 1.29 is 0 Å². The van der Waals surface area contributed by atoms with Crippen molar-refractivity contribution in [3.05, 3.63) is 48.0 Å². The van der Waals surface area contributed by atoms with E-state index in [0.29, 0.717) is 5.69 Å². The molecule has 1 unspecified atom stereocenters. The van der Waals surface area contributed by atoms with Crippen molar-refractivity contribution in [3.63, 3.8) is 0 Å². The van der Waals surface area contributed by atoms with E-state index in [-0.39, 0.29) is 6.04 Å². The van der Waals surface area contributed by atoms with Crippen molar-refractivity contribution in [2.24, 2.45) is 12.8 Å². The van der Waals surface area contributed by atoms with Gasteiger partial charge in [0.15, 0.2) is 0 Å². The van der Waals surface area contributed by atoms with Crippen molar-refractivity contribution in [1.29, 1.82) is 0 Å². The molecule has 0 spiro atoms. The minimum atomic E-state index is -0.373. The van der Waals surface area contributed by atoms with E-state index in [1.54, 1.807) is 24.1 Å². The minimum Gasteiger partial charge on any atom is -0.318 e. The number of hydrogen-bond donors (Lipinski definition) is 1. The molecule has 0 aliphatic carbocycles. The van der Waals surface area contributed by atoms with Gasteiger partial charge in [0.25, 0.3) is 0 Å². The SMILES string of the molecule is Cn1nncc1C(N)c1cnc2ccccc2n1. The van der Waals surface area contributed by atoms with Gasteiger partial charge in [-0.05, 0) is 12.1 Å². The lowest BCUT2D eigenvalue weighted by molar-refractivity contribution is 0.644. The largest absolute Gasteiger partial charge is 0.318 e. The van der Waals surface area contributed by atoms with Crippen LogP contribution in [0.15, 0.2) is 36.7 Å². The van der Waals surface area contributed by atoms with Crippen LogP contribution in [0, 0.1) is 0 Å². The fraction of sp³-hybridized carbons (Fsp3) is 0.167. The maximum absolute atomic E-state index is 6.15. The first kappa shape index (κ1) is 10.8. The molecule has 90 valence electrons. The van der Waals surface area contributed by atoms with Crippen LogP contribution in [0.25, 0.3) is 11.0 Å². The standard InChI is InChI=1S/C12H12N6/c1-18-11(7-15-17-18)12(13)10-6-14-8-4-2-3-5-9(8)16-10/h2-7,12H,13H2,1H3. The third-order valence-electron chi connectivity index (χ3n) is 2.85. The average Bonchev–Trinajstić information content (AvgIpc) is 2.83. The predicted molar refractivity (Wildman–Crippen MR) is 66.6 cm³/mol. The third kappa shape index (κ3) is 1.72. The first-order valence-corrected chi connectivity index (χ1v) is 5.57. The van der Waals surface area contributed by atoms with Crippen molar-refractivity contribution >= 4 is 11.0 Å². The van der Waals surface area contributed by atoms with Crippen LogP contribution in [0.1, 0.15) is 17.4 Å². The Bertz CT molecular complexity index is 690. The Morgan fingerprint density at radius 1 is 1.17 bits per heavy atom. The summed E-state index contributed by atoms with van der Waals surface area (Å²) in [5.41, 5.74) is 9.35. The van der Waals surface area contributed by atoms with Crippen LogP contribution in [-0.2, 0) is 7.05 Å². The normalized spacial score (nSPS) is 12.8. The van der Waals surface area contributed by atoms with Crippen molar-refractivity contribution in [2.75, 3.05) is 0 Å². The highest BCUT2D eigenvalue weighted by Crippen LogP contribution is 2.17. The van der Waals surface area contributed by atoms with Crippen LogP contribution in [-0.4, -0.2) is 25.0 Å². The number of nitrogens with zero attached hydrogens (tertiary/aromatic N) is 5. The van der Waals surface area contributed by atoms with Gasteiger partial charge in [-0.3, -0.25) is 9.67 Å². The molecule has 0 saturated carbocycles. The van der Waals surface area contributed by atoms with Gasteiger partial charge >= 0.3 is 0 Å². The van der Waals surface area contributed by atoms with Crippen molar-refractivity contribution in [3.8, 4) is 0 Å². The molecule has 0 amide bonds. The molecule has 0 radical (unpaired) electrons. The third-order valence-corrected chi connectivity index (χ3v) is 2.85. The molecule has 0 aliphatic rings. The number of aromatic nitrogens is 5. The highest BCUT2D eigenvalue weighted by Gasteiger charge is 2.15. The predicted octanol–water partition coefficient (Wildman–Crippen LogP) is 0.806. The van der Waals surface area contributed by atoms with Crippen molar-refractivity contribution in [2.45, 2.75) is 6.04 Å². The molecule has 1 aromatic carbocycles. The molecule has 2 aromatic heterocycles. The number of rotatable bonds is 2. The van der Waals surface area contributed by atoms with Gasteiger partial charge in [-0.25, -0.2) is 4.98 Å². The first-order chi connectivity index (χ1) is 8.75. The van der Waals surface area contributed by atoms with Crippen LogP contribution in [0.2, 0.25) is 0 Å². The quantitative estimate of drug-likeness (QED) is 0.716. The second-order valence-corrected chi connectivity index (χ2v) is 4.04. The smallest absolute Gasteiger partial charge is 0.0929 e. The molecular weight excluding hydrogens is 228 g/mol. The molecule has 3 aromatic rings. The summed E-state index contributed by atoms with van der Waals surface area (Å²) in [6, 6.07) is 7.32. The number of para-hydroxylation sites is 2. The molecule has 6 heteroatoms. The van der Waals surface area contributed by atoms with Gasteiger partial charge in [0, 0.05) is 7.05 Å². The second-order valence-electron chi connectivity index (χ2n) is 4.04. The average molecular weight is 240 g/mol. The molecule has 0 aliphatic heterocycles. The monoisotopic (exact) mass is 240 g/mol. The van der Waals surface area contributed by atoms with Gasteiger partial charge in [0.05, 0.1) is 40.9 Å². The van der Waals surface area contributed by atoms with Crippen LogP contribution in [0.5, 0.6) is 0 Å². The molecule has 0 bridgehead atoms.